The van der Waals surface area contributed by atoms with E-state index in [-0.39, 0.29) is 11.4 Å². The third kappa shape index (κ3) is 1.74. The highest BCUT2D eigenvalue weighted by atomic mass is 19.2. The van der Waals surface area contributed by atoms with Crippen LogP contribution in [0.3, 0.4) is 0 Å². The van der Waals surface area contributed by atoms with Gasteiger partial charge in [-0.15, -0.1) is 0 Å². The molecule has 3 nitrogen and oxygen atoms in total. The van der Waals surface area contributed by atoms with E-state index in [2.05, 4.69) is 15.3 Å². The zero-order valence-corrected chi connectivity index (χ0v) is 9.17. The minimum atomic E-state index is -1.48. The monoisotopic (exact) mass is 251 g/mol. The molecule has 0 saturated carbocycles. The second-order valence-electron chi connectivity index (χ2n) is 4.02. The molecule has 6 heteroatoms. The van der Waals surface area contributed by atoms with E-state index in [1.165, 1.54) is 0 Å². The van der Waals surface area contributed by atoms with E-state index in [0.29, 0.717) is 13.1 Å². The van der Waals surface area contributed by atoms with Crippen molar-refractivity contribution in [2.24, 2.45) is 0 Å². The van der Waals surface area contributed by atoms with Crippen molar-refractivity contribution < 1.29 is 13.2 Å². The molecule has 0 aliphatic carbocycles. The Morgan fingerprint density at radius 3 is 2.50 bits per heavy atom. The van der Waals surface area contributed by atoms with Gasteiger partial charge in [-0.25, -0.2) is 23.1 Å². The number of rotatable bonds is 1. The summed E-state index contributed by atoms with van der Waals surface area (Å²) in [5.41, 5.74) is 1.88. The van der Waals surface area contributed by atoms with E-state index in [1.807, 2.05) is 0 Å². The van der Waals surface area contributed by atoms with Crippen LogP contribution in [0, 0.1) is 17.5 Å². The Morgan fingerprint density at radius 1 is 1.06 bits per heavy atom. The zero-order chi connectivity index (χ0) is 12.7. The quantitative estimate of drug-likeness (QED) is 0.789. The molecule has 0 spiro atoms. The lowest BCUT2D eigenvalue weighted by Gasteiger charge is -2.04. The van der Waals surface area contributed by atoms with E-state index >= 15 is 0 Å². The average Bonchev–Trinajstić information content (AvgIpc) is 2.82. The van der Waals surface area contributed by atoms with Gasteiger partial charge in [0, 0.05) is 30.4 Å². The van der Waals surface area contributed by atoms with Crippen LogP contribution in [0.2, 0.25) is 0 Å². The molecule has 1 aliphatic rings. The normalized spacial score (nSPS) is 13.7. The first-order valence-electron chi connectivity index (χ1n) is 5.35. The fourth-order valence-electron chi connectivity index (χ4n) is 1.88. The van der Waals surface area contributed by atoms with E-state index in [4.69, 9.17) is 0 Å². The molecular formula is C12H8F3N3. The van der Waals surface area contributed by atoms with Crippen LogP contribution in [-0.2, 0) is 13.1 Å². The Balaban J connectivity index is 2.10. The number of fused-ring (bicyclic) bond motifs is 1. The van der Waals surface area contributed by atoms with E-state index < -0.39 is 17.5 Å². The molecule has 0 fully saturated rings. The largest absolute Gasteiger partial charge is 0.307 e. The average molecular weight is 251 g/mol. The summed E-state index contributed by atoms with van der Waals surface area (Å²) < 4.78 is 39.1. The van der Waals surface area contributed by atoms with Crippen molar-refractivity contribution in [3.63, 3.8) is 0 Å². The van der Waals surface area contributed by atoms with Crippen molar-refractivity contribution in [1.82, 2.24) is 15.3 Å². The molecule has 92 valence electrons. The molecule has 0 saturated heterocycles. The summed E-state index contributed by atoms with van der Waals surface area (Å²) in [5, 5.41) is 3.09. The standard InChI is InChI=1S/C12H8F3N3/c13-8-1-6(2-9(14)11(8)15)12-17-4-7-3-16-5-10(7)18-12/h1-2,4,16H,3,5H2. The maximum atomic E-state index is 13.1. The lowest BCUT2D eigenvalue weighted by atomic mass is 10.1. The first kappa shape index (κ1) is 11.2. The third-order valence-electron chi connectivity index (χ3n) is 2.80. The Morgan fingerprint density at radius 2 is 1.78 bits per heavy atom. The number of nitrogens with one attached hydrogen (secondary N) is 1. The first-order chi connectivity index (χ1) is 8.65. The van der Waals surface area contributed by atoms with Crippen molar-refractivity contribution in [3.05, 3.63) is 47.0 Å². The van der Waals surface area contributed by atoms with Gasteiger partial charge in [0.15, 0.2) is 23.3 Å². The molecule has 2 aromatic rings. The van der Waals surface area contributed by atoms with Gasteiger partial charge < -0.3 is 5.32 Å². The Labute approximate surface area is 101 Å². The Bertz CT molecular complexity index is 605. The van der Waals surface area contributed by atoms with Crippen LogP contribution in [0.15, 0.2) is 18.3 Å². The van der Waals surface area contributed by atoms with Crippen LogP contribution < -0.4 is 5.32 Å². The van der Waals surface area contributed by atoms with Gasteiger partial charge in [-0.1, -0.05) is 0 Å². The summed E-state index contributed by atoms with van der Waals surface area (Å²) in [6.45, 7) is 1.28. The molecule has 1 aromatic heterocycles. The van der Waals surface area contributed by atoms with E-state index in [9.17, 15) is 13.2 Å². The van der Waals surface area contributed by atoms with Gasteiger partial charge in [0.25, 0.3) is 0 Å². The molecular weight excluding hydrogens is 243 g/mol. The van der Waals surface area contributed by atoms with Gasteiger partial charge in [-0.3, -0.25) is 0 Å². The molecule has 0 radical (unpaired) electrons. The smallest absolute Gasteiger partial charge is 0.194 e. The highest BCUT2D eigenvalue weighted by molar-refractivity contribution is 5.55. The summed E-state index contributed by atoms with van der Waals surface area (Å²) in [6, 6.07) is 1.78. The van der Waals surface area contributed by atoms with Gasteiger partial charge >= 0.3 is 0 Å². The summed E-state index contributed by atoms with van der Waals surface area (Å²) >= 11 is 0. The number of hydrogen-bond acceptors (Lipinski definition) is 3. The number of halogens is 3. The summed E-state index contributed by atoms with van der Waals surface area (Å²) in [5.74, 6) is -3.78. The van der Waals surface area contributed by atoms with Crippen LogP contribution in [0.5, 0.6) is 0 Å². The third-order valence-corrected chi connectivity index (χ3v) is 2.80. The fraction of sp³-hybridized carbons (Fsp3) is 0.167. The van der Waals surface area contributed by atoms with Crippen molar-refractivity contribution in [1.29, 1.82) is 0 Å². The summed E-state index contributed by atoms with van der Waals surface area (Å²) in [6.07, 6.45) is 1.61. The molecule has 1 aromatic carbocycles. The van der Waals surface area contributed by atoms with Crippen molar-refractivity contribution in [3.8, 4) is 11.4 Å². The van der Waals surface area contributed by atoms with Crippen LogP contribution in [-0.4, -0.2) is 9.97 Å². The predicted octanol–water partition coefficient (Wildman–Crippen LogP) is 2.16. The van der Waals surface area contributed by atoms with Crippen LogP contribution in [0.25, 0.3) is 11.4 Å². The van der Waals surface area contributed by atoms with Gasteiger partial charge in [-0.05, 0) is 12.1 Å². The SMILES string of the molecule is Fc1cc(-c2ncc3c(n2)CNC3)cc(F)c1F. The van der Waals surface area contributed by atoms with Crippen LogP contribution in [0.4, 0.5) is 13.2 Å². The number of nitrogens with zero attached hydrogens (tertiary/aromatic N) is 2. The molecule has 0 amide bonds. The van der Waals surface area contributed by atoms with Gasteiger partial charge in [0.05, 0.1) is 5.69 Å². The Hall–Kier alpha value is -1.95. The molecule has 3 rings (SSSR count). The molecule has 1 N–H and O–H groups in total. The van der Waals surface area contributed by atoms with Gasteiger partial charge in [0.2, 0.25) is 0 Å². The minimum absolute atomic E-state index is 0.126. The molecule has 0 unspecified atom stereocenters. The maximum Gasteiger partial charge on any atom is 0.194 e. The molecule has 1 aliphatic heterocycles. The molecule has 0 atom stereocenters. The second kappa shape index (κ2) is 4.06. The number of benzene rings is 1. The van der Waals surface area contributed by atoms with Gasteiger partial charge in [0.1, 0.15) is 0 Å². The Kier molecular flexibility index (Phi) is 2.52. The van der Waals surface area contributed by atoms with Crippen molar-refractivity contribution >= 4 is 0 Å². The number of hydrogen-bond donors (Lipinski definition) is 1. The van der Waals surface area contributed by atoms with Crippen molar-refractivity contribution in [2.45, 2.75) is 13.1 Å². The highest BCUT2D eigenvalue weighted by Gasteiger charge is 2.16. The van der Waals surface area contributed by atoms with Crippen LogP contribution >= 0.6 is 0 Å². The zero-order valence-electron chi connectivity index (χ0n) is 9.17. The molecule has 0 bridgehead atoms. The predicted molar refractivity (Wildman–Crippen MR) is 57.9 cm³/mol. The van der Waals surface area contributed by atoms with E-state index in [0.717, 1.165) is 23.4 Å². The lowest BCUT2D eigenvalue weighted by Crippen LogP contribution is -2.00. The fourth-order valence-corrected chi connectivity index (χ4v) is 1.88. The number of aromatic nitrogens is 2. The summed E-state index contributed by atoms with van der Waals surface area (Å²) in [7, 11) is 0. The maximum absolute atomic E-state index is 13.1. The highest BCUT2D eigenvalue weighted by Crippen LogP contribution is 2.22. The molecule has 18 heavy (non-hydrogen) atoms. The second-order valence-corrected chi connectivity index (χ2v) is 4.02. The van der Waals surface area contributed by atoms with Crippen LogP contribution in [0.1, 0.15) is 11.3 Å². The lowest BCUT2D eigenvalue weighted by molar-refractivity contribution is 0.447. The first-order valence-corrected chi connectivity index (χ1v) is 5.35. The van der Waals surface area contributed by atoms with Gasteiger partial charge in [-0.2, -0.15) is 0 Å². The van der Waals surface area contributed by atoms with E-state index in [1.54, 1.807) is 6.20 Å². The summed E-state index contributed by atoms with van der Waals surface area (Å²) in [4.78, 5) is 8.23. The topological polar surface area (TPSA) is 37.8 Å². The van der Waals surface area contributed by atoms with Crippen molar-refractivity contribution in [2.75, 3.05) is 0 Å². The molecule has 2 heterocycles. The minimum Gasteiger partial charge on any atom is -0.307 e.